The van der Waals surface area contributed by atoms with E-state index in [1.54, 1.807) is 15.9 Å². The summed E-state index contributed by atoms with van der Waals surface area (Å²) < 4.78 is 15.1. The van der Waals surface area contributed by atoms with Crippen LogP contribution in [0, 0.1) is 5.82 Å². The fraction of sp³-hybridized carbons (Fsp3) is 0.333. The van der Waals surface area contributed by atoms with E-state index in [1.165, 1.54) is 28.8 Å². The van der Waals surface area contributed by atoms with Gasteiger partial charge >= 0.3 is 0 Å². The number of carbonyl (C=O) groups is 2. The van der Waals surface area contributed by atoms with Crippen LogP contribution in [0.1, 0.15) is 52.6 Å². The number of fused-ring (bicyclic) bond motifs is 2. The Morgan fingerprint density at radius 2 is 2.06 bits per heavy atom. The van der Waals surface area contributed by atoms with Crippen LogP contribution in [0.2, 0.25) is 0 Å². The number of H-pyrrole nitrogens is 1. The molecule has 1 saturated heterocycles. The molecule has 33 heavy (non-hydrogen) atoms. The van der Waals surface area contributed by atoms with E-state index in [4.69, 9.17) is 0 Å². The molecule has 0 aliphatic carbocycles. The third-order valence-electron chi connectivity index (χ3n) is 6.46. The topological polar surface area (TPSA) is 90.8 Å². The minimum Gasteiger partial charge on any atom is -0.334 e. The van der Waals surface area contributed by atoms with Gasteiger partial charge in [0.1, 0.15) is 5.82 Å². The molecule has 170 valence electrons. The monoisotopic (exact) mass is 449 g/mol. The quantitative estimate of drug-likeness (QED) is 0.623. The van der Waals surface area contributed by atoms with Gasteiger partial charge in [0.15, 0.2) is 5.65 Å². The summed E-state index contributed by atoms with van der Waals surface area (Å²) in [5.41, 5.74) is 2.43. The van der Waals surface area contributed by atoms with Crippen LogP contribution in [0.3, 0.4) is 0 Å². The third kappa shape index (κ3) is 3.73. The zero-order chi connectivity index (χ0) is 23.1. The molecule has 1 N–H and O–H groups in total. The number of nitrogens with one attached hydrogen (secondary N) is 1. The number of amides is 2. The number of piperidine rings is 1. The summed E-state index contributed by atoms with van der Waals surface area (Å²) in [6.45, 7) is 4.74. The van der Waals surface area contributed by atoms with Crippen molar-refractivity contribution >= 4 is 17.5 Å². The molecule has 2 amide bonds. The van der Waals surface area contributed by atoms with Crippen LogP contribution >= 0.6 is 0 Å². The maximum atomic E-state index is 13.7. The summed E-state index contributed by atoms with van der Waals surface area (Å²) in [5, 5.41) is 3.14. The summed E-state index contributed by atoms with van der Waals surface area (Å²) in [7, 11) is 0. The molecule has 2 aliphatic heterocycles. The molecular weight excluding hydrogens is 425 g/mol. The zero-order valence-electron chi connectivity index (χ0n) is 18.1. The molecule has 3 aromatic rings. The van der Waals surface area contributed by atoms with Gasteiger partial charge in [-0.15, -0.1) is 0 Å². The van der Waals surface area contributed by atoms with E-state index in [0.717, 1.165) is 19.3 Å². The summed E-state index contributed by atoms with van der Waals surface area (Å²) in [6.07, 6.45) is 4.26. The Hall–Kier alpha value is -3.75. The highest BCUT2D eigenvalue weighted by atomic mass is 19.1. The highest BCUT2D eigenvalue weighted by molar-refractivity contribution is 5.94. The van der Waals surface area contributed by atoms with Gasteiger partial charge in [-0.25, -0.2) is 13.9 Å². The van der Waals surface area contributed by atoms with Gasteiger partial charge in [-0.05, 0) is 43.5 Å². The number of halogens is 1. The lowest BCUT2D eigenvalue weighted by atomic mass is 9.98. The second-order valence-corrected chi connectivity index (χ2v) is 8.48. The molecule has 1 fully saturated rings. The minimum atomic E-state index is -0.453. The first-order valence-corrected chi connectivity index (χ1v) is 11.1. The Morgan fingerprint density at radius 1 is 1.21 bits per heavy atom. The van der Waals surface area contributed by atoms with Crippen LogP contribution in [-0.4, -0.2) is 49.3 Å². The number of likely N-dealkylation sites (tertiary alicyclic amines) is 1. The summed E-state index contributed by atoms with van der Waals surface area (Å²) in [4.78, 5) is 46.4. The van der Waals surface area contributed by atoms with Crippen molar-refractivity contribution in [2.75, 3.05) is 13.1 Å². The average molecular weight is 449 g/mol. The summed E-state index contributed by atoms with van der Waals surface area (Å²) in [6, 6.07) is 7.23. The van der Waals surface area contributed by atoms with Gasteiger partial charge in [-0.3, -0.25) is 19.5 Å². The normalized spacial score (nSPS) is 18.3. The van der Waals surface area contributed by atoms with Gasteiger partial charge in [0.05, 0.1) is 29.5 Å². The second kappa shape index (κ2) is 8.31. The highest BCUT2D eigenvalue weighted by Gasteiger charge is 2.31. The van der Waals surface area contributed by atoms with Gasteiger partial charge in [-0.1, -0.05) is 12.6 Å². The fourth-order valence-electron chi connectivity index (χ4n) is 4.77. The van der Waals surface area contributed by atoms with E-state index in [2.05, 4.69) is 16.7 Å². The lowest BCUT2D eigenvalue weighted by Gasteiger charge is -2.35. The van der Waals surface area contributed by atoms with E-state index in [9.17, 15) is 18.8 Å². The second-order valence-electron chi connectivity index (χ2n) is 8.48. The predicted molar refractivity (Wildman–Crippen MR) is 119 cm³/mol. The van der Waals surface area contributed by atoms with Crippen LogP contribution < -0.4 is 5.56 Å². The van der Waals surface area contributed by atoms with Crippen LogP contribution in [0.15, 0.2) is 47.8 Å². The smallest absolute Gasteiger partial charge is 0.277 e. The van der Waals surface area contributed by atoms with E-state index in [1.807, 2.05) is 6.07 Å². The Labute approximate surface area is 189 Å². The fourth-order valence-corrected chi connectivity index (χ4v) is 4.77. The van der Waals surface area contributed by atoms with Crippen molar-refractivity contribution < 1.29 is 14.0 Å². The van der Waals surface area contributed by atoms with Gasteiger partial charge in [-0.2, -0.15) is 0 Å². The molecule has 5 rings (SSSR count). The lowest BCUT2D eigenvalue weighted by Crippen LogP contribution is -2.39. The molecule has 0 saturated carbocycles. The largest absolute Gasteiger partial charge is 0.334 e. The van der Waals surface area contributed by atoms with Gasteiger partial charge in [0, 0.05) is 31.1 Å². The van der Waals surface area contributed by atoms with Crippen LogP contribution in [0.25, 0.3) is 5.65 Å². The summed E-state index contributed by atoms with van der Waals surface area (Å²) >= 11 is 0. The number of aromatic nitrogens is 3. The maximum absolute atomic E-state index is 13.7. The Morgan fingerprint density at radius 3 is 2.85 bits per heavy atom. The van der Waals surface area contributed by atoms with E-state index >= 15 is 0 Å². The van der Waals surface area contributed by atoms with E-state index in [-0.39, 0.29) is 30.0 Å². The highest BCUT2D eigenvalue weighted by Crippen LogP contribution is 2.32. The Kier molecular flexibility index (Phi) is 5.32. The van der Waals surface area contributed by atoms with Gasteiger partial charge in [0.25, 0.3) is 11.5 Å². The first-order valence-electron chi connectivity index (χ1n) is 11.1. The lowest BCUT2D eigenvalue weighted by molar-refractivity contribution is -0.126. The van der Waals surface area contributed by atoms with Gasteiger partial charge in [0.2, 0.25) is 5.91 Å². The Balaban J connectivity index is 1.51. The molecule has 9 heteroatoms. The Bertz CT molecular complexity index is 1330. The molecule has 2 aromatic heterocycles. The van der Waals surface area contributed by atoms with E-state index < -0.39 is 5.82 Å². The number of aromatic amines is 1. The van der Waals surface area contributed by atoms with Crippen molar-refractivity contribution in [3.05, 3.63) is 81.7 Å². The minimum absolute atomic E-state index is 0.191. The van der Waals surface area contributed by atoms with Crippen LogP contribution in [0.5, 0.6) is 0 Å². The van der Waals surface area contributed by atoms with Crippen LogP contribution in [0.4, 0.5) is 4.39 Å². The first kappa shape index (κ1) is 21.1. The predicted octanol–water partition coefficient (Wildman–Crippen LogP) is 2.60. The number of carbonyl (C=O) groups excluding carboxylic acids is 2. The summed E-state index contributed by atoms with van der Waals surface area (Å²) in [5.74, 6) is -0.910. The molecule has 8 nitrogen and oxygen atoms in total. The average Bonchev–Trinajstić information content (AvgIpc) is 3.27. The number of benzene rings is 1. The van der Waals surface area contributed by atoms with Crippen molar-refractivity contribution in [1.29, 1.82) is 0 Å². The zero-order valence-corrected chi connectivity index (χ0v) is 18.1. The van der Waals surface area contributed by atoms with Crippen molar-refractivity contribution in [1.82, 2.24) is 24.4 Å². The maximum Gasteiger partial charge on any atom is 0.277 e. The van der Waals surface area contributed by atoms with Crippen LogP contribution in [-0.2, 0) is 17.8 Å². The van der Waals surface area contributed by atoms with Crippen molar-refractivity contribution in [2.45, 2.75) is 38.3 Å². The van der Waals surface area contributed by atoms with E-state index in [0.29, 0.717) is 47.7 Å². The molecule has 1 atom stereocenters. The van der Waals surface area contributed by atoms with Gasteiger partial charge < -0.3 is 9.80 Å². The standard InChI is InChI=1S/C24H24FN5O3/c1-2-22(31)28-11-9-18-17(14-28)24(33)30-21(26-18)13-19(27-30)20-8-3-4-10-29(20)23(32)15-6-5-7-16(25)12-15/h2,5-7,12-13,20,27H,1,3-4,8-11,14H2/t20-/m1/s1. The number of hydrogen-bond donors (Lipinski definition) is 1. The molecular formula is C24H24FN5O3. The molecule has 0 spiro atoms. The molecule has 0 bridgehead atoms. The number of hydrogen-bond acceptors (Lipinski definition) is 4. The van der Waals surface area contributed by atoms with Crippen molar-refractivity contribution in [3.8, 4) is 0 Å². The molecule has 0 unspecified atom stereocenters. The SMILES string of the molecule is C=CC(=O)N1CCc2nc3cc([C@H]4CCCCN4C(=O)c4cccc(F)c4)[nH]n3c(=O)c2C1. The molecule has 2 aliphatic rings. The van der Waals surface area contributed by atoms with Crippen molar-refractivity contribution in [3.63, 3.8) is 0 Å². The number of rotatable bonds is 3. The molecule has 0 radical (unpaired) electrons. The molecule has 1 aromatic carbocycles. The van der Waals surface area contributed by atoms with Crippen molar-refractivity contribution in [2.24, 2.45) is 0 Å². The molecule has 4 heterocycles. The number of nitrogens with zero attached hydrogens (tertiary/aromatic N) is 4. The third-order valence-corrected chi connectivity index (χ3v) is 6.46. The first-order chi connectivity index (χ1) is 16.0.